The summed E-state index contributed by atoms with van der Waals surface area (Å²) in [5.41, 5.74) is 8.19. The van der Waals surface area contributed by atoms with Gasteiger partial charge in [-0.2, -0.15) is 0 Å². The minimum absolute atomic E-state index is 0.0109. The molecule has 1 unspecified atom stereocenters. The first kappa shape index (κ1) is 12.6. The van der Waals surface area contributed by atoms with Gasteiger partial charge in [0.2, 0.25) is 5.91 Å². The molecule has 96 valence electrons. The van der Waals surface area contributed by atoms with Crippen molar-refractivity contribution in [3.8, 4) is 0 Å². The number of amides is 1. The number of anilines is 1. The molecule has 3 N–H and O–H groups in total. The summed E-state index contributed by atoms with van der Waals surface area (Å²) in [7, 11) is 1.94. The number of imidazole rings is 1. The fourth-order valence-electron chi connectivity index (χ4n) is 1.83. The maximum Gasteiger partial charge on any atom is 0.224 e. The lowest BCUT2D eigenvalue weighted by atomic mass is 10.1. The number of rotatable bonds is 4. The fraction of sp³-hybridized carbons (Fsp3) is 0.385. The van der Waals surface area contributed by atoms with Crippen LogP contribution in [0.3, 0.4) is 0 Å². The Morgan fingerprint density at radius 2 is 2.33 bits per heavy atom. The Kier molecular flexibility index (Phi) is 3.62. The smallest absolute Gasteiger partial charge is 0.224 e. The minimum atomic E-state index is -0.0109. The predicted octanol–water partition coefficient (Wildman–Crippen LogP) is 1.50. The Labute approximate surface area is 106 Å². The summed E-state index contributed by atoms with van der Waals surface area (Å²) in [6, 6.07) is 5.71. The topological polar surface area (TPSA) is 72.9 Å². The highest BCUT2D eigenvalue weighted by Crippen LogP contribution is 2.17. The highest BCUT2D eigenvalue weighted by molar-refractivity contribution is 5.93. The summed E-state index contributed by atoms with van der Waals surface area (Å²) in [4.78, 5) is 16.0. The van der Waals surface area contributed by atoms with Gasteiger partial charge in [0.05, 0.1) is 17.4 Å². The molecule has 0 aliphatic carbocycles. The standard InChI is InChI=1S/C13H18N4O/c1-9(7-14)5-13(18)16-10-3-4-12-11(6-10)15-8-17(12)2/h3-4,6,8-9H,5,7,14H2,1-2H3,(H,16,18). The van der Waals surface area contributed by atoms with Crippen molar-refractivity contribution in [1.82, 2.24) is 9.55 Å². The highest BCUT2D eigenvalue weighted by Gasteiger charge is 2.08. The van der Waals surface area contributed by atoms with E-state index in [-0.39, 0.29) is 11.8 Å². The molecule has 0 aliphatic heterocycles. The van der Waals surface area contributed by atoms with Gasteiger partial charge in [0.15, 0.2) is 0 Å². The van der Waals surface area contributed by atoms with Gasteiger partial charge in [-0.1, -0.05) is 6.92 Å². The number of nitrogens with zero attached hydrogens (tertiary/aromatic N) is 2. The van der Waals surface area contributed by atoms with Crippen molar-refractivity contribution < 1.29 is 4.79 Å². The van der Waals surface area contributed by atoms with Gasteiger partial charge >= 0.3 is 0 Å². The third kappa shape index (κ3) is 2.68. The molecule has 1 aromatic heterocycles. The number of aromatic nitrogens is 2. The molecule has 1 amide bonds. The average molecular weight is 246 g/mol. The van der Waals surface area contributed by atoms with Gasteiger partial charge in [0, 0.05) is 19.2 Å². The summed E-state index contributed by atoms with van der Waals surface area (Å²) >= 11 is 0. The summed E-state index contributed by atoms with van der Waals surface area (Å²) < 4.78 is 1.94. The van der Waals surface area contributed by atoms with Gasteiger partial charge in [-0.3, -0.25) is 4.79 Å². The monoisotopic (exact) mass is 246 g/mol. The van der Waals surface area contributed by atoms with Crippen LogP contribution in [0.5, 0.6) is 0 Å². The van der Waals surface area contributed by atoms with Crippen LogP contribution in [0.25, 0.3) is 11.0 Å². The SMILES string of the molecule is CC(CN)CC(=O)Nc1ccc2c(c1)ncn2C. The number of hydrogen-bond donors (Lipinski definition) is 2. The van der Waals surface area contributed by atoms with Crippen molar-refractivity contribution in [2.24, 2.45) is 18.7 Å². The van der Waals surface area contributed by atoms with E-state index in [1.165, 1.54) is 0 Å². The van der Waals surface area contributed by atoms with Crippen LogP contribution in [0.2, 0.25) is 0 Å². The number of carbonyl (C=O) groups is 1. The number of benzene rings is 1. The van der Waals surface area contributed by atoms with Crippen LogP contribution in [0.15, 0.2) is 24.5 Å². The molecule has 0 spiro atoms. The molecule has 0 bridgehead atoms. The number of nitrogens with one attached hydrogen (secondary N) is 1. The molecule has 5 heteroatoms. The van der Waals surface area contributed by atoms with Crippen LogP contribution < -0.4 is 11.1 Å². The van der Waals surface area contributed by atoms with Crippen molar-refractivity contribution in [2.75, 3.05) is 11.9 Å². The first-order valence-electron chi connectivity index (χ1n) is 6.01. The summed E-state index contributed by atoms with van der Waals surface area (Å²) in [5, 5.41) is 2.86. The number of nitrogens with two attached hydrogens (primary N) is 1. The van der Waals surface area contributed by atoms with E-state index in [0.29, 0.717) is 13.0 Å². The number of hydrogen-bond acceptors (Lipinski definition) is 3. The summed E-state index contributed by atoms with van der Waals surface area (Å²) in [5.74, 6) is 0.187. The number of carbonyl (C=O) groups excluding carboxylic acids is 1. The Balaban J connectivity index is 2.10. The Morgan fingerprint density at radius 3 is 3.06 bits per heavy atom. The third-order valence-electron chi connectivity index (χ3n) is 2.95. The van der Waals surface area contributed by atoms with E-state index in [9.17, 15) is 4.79 Å². The second-order valence-electron chi connectivity index (χ2n) is 4.65. The van der Waals surface area contributed by atoms with Crippen LogP contribution in [0.4, 0.5) is 5.69 Å². The quantitative estimate of drug-likeness (QED) is 0.858. The second kappa shape index (κ2) is 5.18. The highest BCUT2D eigenvalue weighted by atomic mass is 16.1. The molecule has 0 saturated carbocycles. The van der Waals surface area contributed by atoms with Crippen molar-refractivity contribution in [2.45, 2.75) is 13.3 Å². The third-order valence-corrected chi connectivity index (χ3v) is 2.95. The van der Waals surface area contributed by atoms with E-state index >= 15 is 0 Å². The predicted molar refractivity (Wildman–Crippen MR) is 72.2 cm³/mol. The van der Waals surface area contributed by atoms with Gasteiger partial charge < -0.3 is 15.6 Å². The van der Waals surface area contributed by atoms with Crippen LogP contribution in [0, 0.1) is 5.92 Å². The molecule has 2 aromatic rings. The molecule has 1 heterocycles. The van der Waals surface area contributed by atoms with E-state index in [0.717, 1.165) is 16.7 Å². The van der Waals surface area contributed by atoms with Crippen molar-refractivity contribution in [3.63, 3.8) is 0 Å². The van der Waals surface area contributed by atoms with Crippen LogP contribution in [0.1, 0.15) is 13.3 Å². The summed E-state index contributed by atoms with van der Waals surface area (Å²) in [6.45, 7) is 2.48. The van der Waals surface area contributed by atoms with Gasteiger partial charge in [-0.05, 0) is 30.7 Å². The fourth-order valence-corrected chi connectivity index (χ4v) is 1.83. The molecule has 1 atom stereocenters. The van der Waals surface area contributed by atoms with E-state index in [1.54, 1.807) is 6.33 Å². The largest absolute Gasteiger partial charge is 0.334 e. The summed E-state index contributed by atoms with van der Waals surface area (Å²) in [6.07, 6.45) is 2.20. The Bertz CT molecular complexity index is 561. The minimum Gasteiger partial charge on any atom is -0.334 e. The molecular formula is C13H18N4O. The van der Waals surface area contributed by atoms with Gasteiger partial charge in [-0.15, -0.1) is 0 Å². The first-order valence-corrected chi connectivity index (χ1v) is 6.01. The molecule has 0 aliphatic rings. The van der Waals surface area contributed by atoms with E-state index < -0.39 is 0 Å². The van der Waals surface area contributed by atoms with Crippen LogP contribution >= 0.6 is 0 Å². The molecule has 0 radical (unpaired) electrons. The zero-order chi connectivity index (χ0) is 13.1. The van der Waals surface area contributed by atoms with Crippen molar-refractivity contribution in [3.05, 3.63) is 24.5 Å². The zero-order valence-corrected chi connectivity index (χ0v) is 10.7. The molecule has 1 aromatic carbocycles. The van der Waals surface area contributed by atoms with Crippen molar-refractivity contribution >= 4 is 22.6 Å². The lowest BCUT2D eigenvalue weighted by Gasteiger charge is -2.09. The molecule has 5 nitrogen and oxygen atoms in total. The molecule has 0 fully saturated rings. The molecular weight excluding hydrogens is 228 g/mol. The van der Waals surface area contributed by atoms with Gasteiger partial charge in [0.1, 0.15) is 0 Å². The maximum atomic E-state index is 11.7. The first-order chi connectivity index (χ1) is 8.60. The van der Waals surface area contributed by atoms with E-state index in [4.69, 9.17) is 5.73 Å². The number of aryl methyl sites for hydroxylation is 1. The molecule has 2 rings (SSSR count). The van der Waals surface area contributed by atoms with Gasteiger partial charge in [0.25, 0.3) is 0 Å². The van der Waals surface area contributed by atoms with E-state index in [1.807, 2.05) is 36.7 Å². The van der Waals surface area contributed by atoms with Gasteiger partial charge in [-0.25, -0.2) is 4.98 Å². The van der Waals surface area contributed by atoms with Crippen LogP contribution in [-0.2, 0) is 11.8 Å². The van der Waals surface area contributed by atoms with Crippen molar-refractivity contribution in [1.29, 1.82) is 0 Å². The zero-order valence-electron chi connectivity index (χ0n) is 10.7. The average Bonchev–Trinajstić information content (AvgIpc) is 2.70. The Morgan fingerprint density at radius 1 is 1.56 bits per heavy atom. The normalized spacial score (nSPS) is 12.6. The Hall–Kier alpha value is -1.88. The van der Waals surface area contributed by atoms with E-state index in [2.05, 4.69) is 10.3 Å². The lowest BCUT2D eigenvalue weighted by molar-refractivity contribution is -0.116. The lowest BCUT2D eigenvalue weighted by Crippen LogP contribution is -2.20. The second-order valence-corrected chi connectivity index (χ2v) is 4.65. The number of fused-ring (bicyclic) bond motifs is 1. The molecule has 0 saturated heterocycles. The molecule has 18 heavy (non-hydrogen) atoms. The maximum absolute atomic E-state index is 11.7. The van der Waals surface area contributed by atoms with Crippen LogP contribution in [-0.4, -0.2) is 22.0 Å².